The summed E-state index contributed by atoms with van der Waals surface area (Å²) in [5.74, 6) is 0.136. The van der Waals surface area contributed by atoms with Crippen molar-refractivity contribution in [3.63, 3.8) is 0 Å². The maximum absolute atomic E-state index is 6.65. The van der Waals surface area contributed by atoms with Gasteiger partial charge >= 0.3 is 0 Å². The van der Waals surface area contributed by atoms with Gasteiger partial charge in [-0.2, -0.15) is 0 Å². The molecule has 1 fully saturated rings. The second kappa shape index (κ2) is 8.85. The number of hydrogen-bond acceptors (Lipinski definition) is 5. The molecular formula is C39H29N3OS. The van der Waals surface area contributed by atoms with Gasteiger partial charge in [-0.05, 0) is 53.1 Å². The molecule has 0 saturated carbocycles. The average molecular weight is 588 g/mol. The molecule has 5 heteroatoms. The first-order valence-electron chi connectivity index (χ1n) is 15.3. The van der Waals surface area contributed by atoms with E-state index in [2.05, 4.69) is 138 Å². The predicted molar refractivity (Wildman–Crippen MR) is 183 cm³/mol. The van der Waals surface area contributed by atoms with Gasteiger partial charge in [0.2, 0.25) is 0 Å². The van der Waals surface area contributed by atoms with Crippen LogP contribution in [0.15, 0.2) is 126 Å². The lowest BCUT2D eigenvalue weighted by Crippen LogP contribution is -2.60. The Bertz CT molecular complexity index is 2410. The number of nitrogens with zero attached hydrogens (tertiary/aromatic N) is 2. The van der Waals surface area contributed by atoms with Crippen molar-refractivity contribution in [1.29, 1.82) is 0 Å². The minimum absolute atomic E-state index is 0.0202. The summed E-state index contributed by atoms with van der Waals surface area (Å²) in [6.45, 7) is 4.72. The highest BCUT2D eigenvalue weighted by molar-refractivity contribution is 7.25. The maximum atomic E-state index is 6.65. The number of anilines is 1. The predicted octanol–water partition coefficient (Wildman–Crippen LogP) is 7.21. The van der Waals surface area contributed by atoms with Crippen molar-refractivity contribution in [2.24, 2.45) is 0 Å². The number of hydrazine groups is 1. The Morgan fingerprint density at radius 1 is 0.818 bits per heavy atom. The van der Waals surface area contributed by atoms with E-state index in [1.54, 1.807) is 0 Å². The van der Waals surface area contributed by atoms with Crippen LogP contribution in [-0.2, 0) is 0 Å². The number of rotatable bonds is 1. The van der Waals surface area contributed by atoms with Crippen LogP contribution in [0.2, 0.25) is 0 Å². The van der Waals surface area contributed by atoms with Crippen molar-refractivity contribution in [3.8, 4) is 11.1 Å². The summed E-state index contributed by atoms with van der Waals surface area (Å²) < 4.78 is 9.32. The maximum Gasteiger partial charge on any atom is 0.142 e. The third kappa shape index (κ3) is 3.26. The normalized spacial score (nSPS) is 23.4. The molecule has 0 spiro atoms. The fourth-order valence-corrected chi connectivity index (χ4v) is 8.99. The number of nitrogens with one attached hydrogen (secondary N) is 1. The van der Waals surface area contributed by atoms with E-state index >= 15 is 0 Å². The van der Waals surface area contributed by atoms with E-state index < -0.39 is 0 Å². The molecule has 4 aromatic carbocycles. The Balaban J connectivity index is 1.21. The number of furan rings is 1. The summed E-state index contributed by atoms with van der Waals surface area (Å²) >= 11 is 1.87. The molecule has 1 N–H and O–H groups in total. The van der Waals surface area contributed by atoms with E-state index in [0.29, 0.717) is 0 Å². The van der Waals surface area contributed by atoms with Crippen molar-refractivity contribution in [1.82, 2.24) is 10.3 Å². The second-order valence-corrected chi connectivity index (χ2v) is 13.4. The van der Waals surface area contributed by atoms with Crippen LogP contribution in [-0.4, -0.2) is 30.1 Å². The Hall–Kier alpha value is -4.84. The molecule has 2 aliphatic heterocycles. The van der Waals surface area contributed by atoms with Crippen LogP contribution in [0.4, 0.5) is 5.69 Å². The van der Waals surface area contributed by atoms with Gasteiger partial charge in [0.1, 0.15) is 11.0 Å². The zero-order chi connectivity index (χ0) is 29.1. The van der Waals surface area contributed by atoms with Gasteiger partial charge in [0.25, 0.3) is 0 Å². The van der Waals surface area contributed by atoms with E-state index in [1.165, 1.54) is 47.8 Å². The van der Waals surface area contributed by atoms with Crippen molar-refractivity contribution in [2.45, 2.75) is 24.0 Å². The first kappa shape index (κ1) is 24.6. The van der Waals surface area contributed by atoms with Crippen molar-refractivity contribution >= 4 is 59.8 Å². The molecule has 4 atom stereocenters. The van der Waals surface area contributed by atoms with Gasteiger partial charge < -0.3 is 9.32 Å². The van der Waals surface area contributed by atoms with Crippen LogP contribution in [0.5, 0.6) is 0 Å². The molecule has 10 rings (SSSR count). The van der Waals surface area contributed by atoms with E-state index in [4.69, 9.17) is 11.0 Å². The third-order valence-electron chi connectivity index (χ3n) is 10.1. The molecule has 4 unspecified atom stereocenters. The first-order valence-corrected chi connectivity index (χ1v) is 16.1. The Morgan fingerprint density at radius 3 is 2.52 bits per heavy atom. The summed E-state index contributed by atoms with van der Waals surface area (Å²) in [5.41, 5.74) is 13.0. The summed E-state index contributed by atoms with van der Waals surface area (Å²) in [5, 5.41) is 7.39. The minimum Gasteiger partial charge on any atom is -0.456 e. The fraction of sp³-hybridized carbons (Fsp3) is 0.128. The molecule has 4 nitrogen and oxygen atoms in total. The number of hydrogen-bond donors (Lipinski definition) is 1. The highest BCUT2D eigenvalue weighted by Crippen LogP contribution is 2.49. The van der Waals surface area contributed by atoms with Gasteiger partial charge in [-0.25, -0.2) is 5.43 Å². The van der Waals surface area contributed by atoms with Gasteiger partial charge in [0, 0.05) is 55.0 Å². The molecule has 6 aromatic rings. The second-order valence-electron chi connectivity index (χ2n) is 12.3. The lowest BCUT2D eigenvalue weighted by molar-refractivity contribution is 0.292. The molecule has 2 aromatic heterocycles. The van der Waals surface area contributed by atoms with Gasteiger partial charge in [-0.3, -0.25) is 5.01 Å². The number of fused-ring (bicyclic) bond motifs is 10. The summed E-state index contributed by atoms with van der Waals surface area (Å²) in [7, 11) is 2.16. The van der Waals surface area contributed by atoms with Gasteiger partial charge in [-0.1, -0.05) is 85.5 Å². The van der Waals surface area contributed by atoms with Gasteiger partial charge in [0.05, 0.1) is 23.8 Å². The standard InChI is InChI=1S/C39H29N3OS/c1-22-37-38-29(21-30-25-9-3-7-13-34(25)43-39(30)37)27-19-23(24-16-18-36-28(20-24)26-10-4-8-14-35(26)44-36)15-17-32(27)42(38)40-31-11-5-6-12-33(31)41(22)2/h3-21,29,31,33,38,40H,1H2,2H3. The van der Waals surface area contributed by atoms with Crippen LogP contribution in [0.1, 0.15) is 11.5 Å². The van der Waals surface area contributed by atoms with E-state index in [1.807, 2.05) is 11.3 Å². The topological polar surface area (TPSA) is 31.7 Å². The summed E-state index contributed by atoms with van der Waals surface area (Å²) in [6, 6.07) is 31.3. The van der Waals surface area contributed by atoms with E-state index in [0.717, 1.165) is 27.7 Å². The van der Waals surface area contributed by atoms with Crippen molar-refractivity contribution in [2.75, 3.05) is 12.1 Å². The monoisotopic (exact) mass is 587 g/mol. The van der Waals surface area contributed by atoms with Crippen molar-refractivity contribution < 1.29 is 4.42 Å². The zero-order valence-corrected chi connectivity index (χ0v) is 25.0. The molecule has 0 amide bonds. The number of thiophene rings is 1. The van der Waals surface area contributed by atoms with Crippen LogP contribution in [0.25, 0.3) is 53.9 Å². The Morgan fingerprint density at radius 2 is 1.59 bits per heavy atom. The zero-order valence-electron chi connectivity index (χ0n) is 24.2. The lowest BCUT2D eigenvalue weighted by atomic mass is 9.83. The fourth-order valence-electron chi connectivity index (χ4n) is 7.91. The quantitative estimate of drug-likeness (QED) is 0.220. The first-order chi connectivity index (χ1) is 21.6. The van der Waals surface area contributed by atoms with Gasteiger partial charge in [0.15, 0.2) is 0 Å². The highest BCUT2D eigenvalue weighted by Gasteiger charge is 2.47. The summed E-state index contributed by atoms with van der Waals surface area (Å²) in [6.07, 6.45) is 11.3. The molecule has 2 aliphatic carbocycles. The number of allylic oxidation sites excluding steroid dienone is 2. The largest absolute Gasteiger partial charge is 0.456 e. The molecular weight excluding hydrogens is 559 g/mol. The van der Waals surface area contributed by atoms with E-state index in [-0.39, 0.29) is 24.0 Å². The number of benzene rings is 4. The molecule has 44 heavy (non-hydrogen) atoms. The number of para-hydroxylation sites is 1. The van der Waals surface area contributed by atoms with Crippen LogP contribution >= 0.6 is 11.3 Å². The van der Waals surface area contributed by atoms with Crippen molar-refractivity contribution in [3.05, 3.63) is 138 Å². The molecule has 0 radical (unpaired) electrons. The molecule has 4 heterocycles. The number of likely N-dealkylation sites (N-methyl/N-ethyl adjacent to an activating group) is 1. The molecule has 4 aliphatic rings. The van der Waals surface area contributed by atoms with E-state index in [9.17, 15) is 0 Å². The minimum atomic E-state index is 0.0202. The Kier molecular flexibility index (Phi) is 4.95. The lowest BCUT2D eigenvalue weighted by Gasteiger charge is -2.45. The SMILES string of the molecule is C=C1C2=c3oc4ccccc4c3=CC3c4cc(-c5ccc6sc7ccccc7c6c5)ccc4N(NC4C=CC=CC4N1C)C23. The summed E-state index contributed by atoms with van der Waals surface area (Å²) in [4.78, 5) is 2.32. The van der Waals surface area contributed by atoms with Crippen LogP contribution in [0, 0.1) is 0 Å². The van der Waals surface area contributed by atoms with Crippen LogP contribution < -0.4 is 21.1 Å². The molecule has 1 saturated heterocycles. The highest BCUT2D eigenvalue weighted by atomic mass is 32.1. The smallest absolute Gasteiger partial charge is 0.142 e. The van der Waals surface area contributed by atoms with Crippen LogP contribution in [0.3, 0.4) is 0 Å². The van der Waals surface area contributed by atoms with Gasteiger partial charge in [-0.15, -0.1) is 11.3 Å². The molecule has 212 valence electrons. The third-order valence-corrected chi connectivity index (χ3v) is 11.2. The average Bonchev–Trinajstić information content (AvgIpc) is 3.72. The Labute approximate surface area is 258 Å². The molecule has 0 bridgehead atoms.